The fourth-order valence-corrected chi connectivity index (χ4v) is 3.61. The molecular weight excluding hydrogens is 328 g/mol. The van der Waals surface area contributed by atoms with Crippen molar-refractivity contribution in [2.45, 2.75) is 38.4 Å². The molecule has 0 aromatic heterocycles. The van der Waals surface area contributed by atoms with E-state index in [1.54, 1.807) is 0 Å². The van der Waals surface area contributed by atoms with Crippen LogP contribution in [-0.2, 0) is 22.6 Å². The lowest BCUT2D eigenvalue weighted by atomic mass is 9.90. The standard InChI is InChI=1S/C20H32N4O2/c1-2-23-9-11-24(12-10-23)16-18-5-3-17(4-6-18)15-22-19(25)20(21)7-13-26-14-8-20/h3-6H,2,7-16,21H2,1H3,(H,22,25). The van der Waals surface area contributed by atoms with Gasteiger partial charge in [0.2, 0.25) is 5.91 Å². The highest BCUT2D eigenvalue weighted by Gasteiger charge is 2.35. The summed E-state index contributed by atoms with van der Waals surface area (Å²) in [6, 6.07) is 8.54. The molecule has 26 heavy (non-hydrogen) atoms. The molecule has 6 heteroatoms. The van der Waals surface area contributed by atoms with Gasteiger partial charge in [0.25, 0.3) is 0 Å². The predicted molar refractivity (Wildman–Crippen MR) is 103 cm³/mol. The largest absolute Gasteiger partial charge is 0.381 e. The second-order valence-electron chi connectivity index (χ2n) is 7.48. The second-order valence-corrected chi connectivity index (χ2v) is 7.48. The Morgan fingerprint density at radius 2 is 1.65 bits per heavy atom. The molecule has 1 aromatic carbocycles. The predicted octanol–water partition coefficient (Wildman–Crippen LogP) is 0.948. The molecule has 2 fully saturated rings. The number of nitrogens with one attached hydrogen (secondary N) is 1. The van der Waals surface area contributed by atoms with E-state index < -0.39 is 5.54 Å². The van der Waals surface area contributed by atoms with Crippen LogP contribution in [0, 0.1) is 0 Å². The Morgan fingerprint density at radius 3 is 2.27 bits per heavy atom. The summed E-state index contributed by atoms with van der Waals surface area (Å²) in [4.78, 5) is 17.4. The van der Waals surface area contributed by atoms with Crippen LogP contribution in [0.2, 0.25) is 0 Å². The number of nitrogens with zero attached hydrogens (tertiary/aromatic N) is 2. The summed E-state index contributed by atoms with van der Waals surface area (Å²) in [7, 11) is 0. The zero-order valence-corrected chi connectivity index (χ0v) is 15.9. The highest BCUT2D eigenvalue weighted by molar-refractivity contribution is 5.86. The molecule has 0 unspecified atom stereocenters. The van der Waals surface area contributed by atoms with E-state index in [1.165, 1.54) is 5.56 Å². The summed E-state index contributed by atoms with van der Waals surface area (Å²) in [6.45, 7) is 10.6. The second kappa shape index (κ2) is 8.95. The third-order valence-corrected chi connectivity index (χ3v) is 5.63. The molecule has 2 aliphatic heterocycles. The van der Waals surface area contributed by atoms with Crippen LogP contribution < -0.4 is 11.1 Å². The number of benzene rings is 1. The van der Waals surface area contributed by atoms with Gasteiger partial charge in [-0.1, -0.05) is 31.2 Å². The minimum atomic E-state index is -0.779. The van der Waals surface area contributed by atoms with Crippen LogP contribution >= 0.6 is 0 Å². The highest BCUT2D eigenvalue weighted by atomic mass is 16.5. The Hall–Kier alpha value is -1.47. The molecule has 6 nitrogen and oxygen atoms in total. The first kappa shape index (κ1) is 19.3. The smallest absolute Gasteiger partial charge is 0.240 e. The maximum Gasteiger partial charge on any atom is 0.240 e. The van der Waals surface area contributed by atoms with Crippen molar-refractivity contribution in [2.75, 3.05) is 45.9 Å². The number of carbonyl (C=O) groups excluding carboxylic acids is 1. The number of hydrogen-bond donors (Lipinski definition) is 2. The number of ether oxygens (including phenoxy) is 1. The number of piperazine rings is 1. The number of likely N-dealkylation sites (N-methyl/N-ethyl adjacent to an activating group) is 1. The van der Waals surface area contributed by atoms with E-state index in [1.807, 2.05) is 0 Å². The van der Waals surface area contributed by atoms with Crippen LogP contribution in [-0.4, -0.2) is 67.2 Å². The Kier molecular flexibility index (Phi) is 6.64. The lowest BCUT2D eigenvalue weighted by molar-refractivity contribution is -0.129. The average molecular weight is 361 g/mol. The summed E-state index contributed by atoms with van der Waals surface area (Å²) >= 11 is 0. The zero-order valence-electron chi connectivity index (χ0n) is 15.9. The van der Waals surface area contributed by atoms with Crippen molar-refractivity contribution in [1.82, 2.24) is 15.1 Å². The lowest BCUT2D eigenvalue weighted by Gasteiger charge is -2.34. The van der Waals surface area contributed by atoms with Crippen LogP contribution in [0.15, 0.2) is 24.3 Å². The Morgan fingerprint density at radius 1 is 1.08 bits per heavy atom. The first-order valence-corrected chi connectivity index (χ1v) is 9.76. The third kappa shape index (κ3) is 5.04. The molecule has 0 radical (unpaired) electrons. The summed E-state index contributed by atoms with van der Waals surface area (Å²) in [5.41, 5.74) is 7.86. The fraction of sp³-hybridized carbons (Fsp3) is 0.650. The Labute approximate surface area is 156 Å². The van der Waals surface area contributed by atoms with Gasteiger partial charge in [-0.2, -0.15) is 0 Å². The summed E-state index contributed by atoms with van der Waals surface area (Å²) in [5.74, 6) is -0.0707. The Balaban J connectivity index is 1.45. The molecule has 144 valence electrons. The Bertz CT molecular complexity index is 576. The molecule has 0 aliphatic carbocycles. The number of amides is 1. The van der Waals surface area contributed by atoms with Gasteiger partial charge in [-0.25, -0.2) is 0 Å². The van der Waals surface area contributed by atoms with Gasteiger partial charge >= 0.3 is 0 Å². The van der Waals surface area contributed by atoms with Crippen molar-refractivity contribution < 1.29 is 9.53 Å². The highest BCUT2D eigenvalue weighted by Crippen LogP contribution is 2.18. The first-order valence-electron chi connectivity index (χ1n) is 9.76. The van der Waals surface area contributed by atoms with Gasteiger partial charge < -0.3 is 20.7 Å². The van der Waals surface area contributed by atoms with Crippen molar-refractivity contribution in [3.05, 3.63) is 35.4 Å². The van der Waals surface area contributed by atoms with E-state index in [9.17, 15) is 4.79 Å². The van der Waals surface area contributed by atoms with Crippen LogP contribution in [0.5, 0.6) is 0 Å². The first-order chi connectivity index (χ1) is 12.6. The van der Waals surface area contributed by atoms with Gasteiger partial charge in [0.15, 0.2) is 0 Å². The average Bonchev–Trinajstić information content (AvgIpc) is 2.68. The summed E-state index contributed by atoms with van der Waals surface area (Å²) in [5, 5.41) is 2.99. The fourth-order valence-electron chi connectivity index (χ4n) is 3.61. The molecular formula is C20H32N4O2. The van der Waals surface area contributed by atoms with Crippen molar-refractivity contribution in [3.63, 3.8) is 0 Å². The third-order valence-electron chi connectivity index (χ3n) is 5.63. The van der Waals surface area contributed by atoms with Crippen LogP contribution in [0.3, 0.4) is 0 Å². The number of nitrogens with two attached hydrogens (primary N) is 1. The van der Waals surface area contributed by atoms with E-state index in [0.29, 0.717) is 32.6 Å². The van der Waals surface area contributed by atoms with E-state index in [0.717, 1.165) is 44.8 Å². The maximum atomic E-state index is 12.4. The van der Waals surface area contributed by atoms with E-state index in [2.05, 4.69) is 46.3 Å². The molecule has 1 amide bonds. The molecule has 0 saturated carbocycles. The van der Waals surface area contributed by atoms with Crippen molar-refractivity contribution in [1.29, 1.82) is 0 Å². The molecule has 2 saturated heterocycles. The van der Waals surface area contributed by atoms with Crippen LogP contribution in [0.1, 0.15) is 30.9 Å². The lowest BCUT2D eigenvalue weighted by Crippen LogP contribution is -2.56. The minimum Gasteiger partial charge on any atom is -0.381 e. The topological polar surface area (TPSA) is 70.8 Å². The van der Waals surface area contributed by atoms with Crippen LogP contribution in [0.4, 0.5) is 0 Å². The molecule has 0 bridgehead atoms. The molecule has 3 N–H and O–H groups in total. The number of carbonyl (C=O) groups is 1. The number of hydrogen-bond acceptors (Lipinski definition) is 5. The van der Waals surface area contributed by atoms with Crippen molar-refractivity contribution in [2.24, 2.45) is 5.73 Å². The summed E-state index contributed by atoms with van der Waals surface area (Å²) < 4.78 is 5.30. The number of rotatable bonds is 6. The van der Waals surface area contributed by atoms with Crippen molar-refractivity contribution >= 4 is 5.91 Å². The SMILES string of the molecule is CCN1CCN(Cc2ccc(CNC(=O)C3(N)CCOCC3)cc2)CC1. The van der Waals surface area contributed by atoms with Gasteiger partial charge in [-0.05, 0) is 30.5 Å². The minimum absolute atomic E-state index is 0.0707. The summed E-state index contributed by atoms with van der Waals surface area (Å²) in [6.07, 6.45) is 1.17. The normalized spacial score (nSPS) is 21.5. The van der Waals surface area contributed by atoms with Gasteiger partial charge in [0, 0.05) is 52.5 Å². The zero-order chi connectivity index (χ0) is 18.4. The van der Waals surface area contributed by atoms with E-state index in [-0.39, 0.29) is 5.91 Å². The monoisotopic (exact) mass is 360 g/mol. The molecule has 2 heterocycles. The molecule has 0 atom stereocenters. The molecule has 2 aliphatic rings. The molecule has 3 rings (SSSR count). The quantitative estimate of drug-likeness (QED) is 0.790. The van der Waals surface area contributed by atoms with Gasteiger partial charge in [0.05, 0.1) is 5.54 Å². The van der Waals surface area contributed by atoms with Crippen LogP contribution in [0.25, 0.3) is 0 Å². The van der Waals surface area contributed by atoms with E-state index >= 15 is 0 Å². The van der Waals surface area contributed by atoms with Gasteiger partial charge in [-0.3, -0.25) is 9.69 Å². The van der Waals surface area contributed by atoms with Gasteiger partial charge in [0.1, 0.15) is 0 Å². The van der Waals surface area contributed by atoms with E-state index in [4.69, 9.17) is 10.5 Å². The molecule has 1 aromatic rings. The van der Waals surface area contributed by atoms with Gasteiger partial charge in [-0.15, -0.1) is 0 Å². The maximum absolute atomic E-state index is 12.4. The molecule has 0 spiro atoms. The van der Waals surface area contributed by atoms with Crippen molar-refractivity contribution in [3.8, 4) is 0 Å².